The lowest BCUT2D eigenvalue weighted by Gasteiger charge is -2.05. The maximum absolute atomic E-state index is 13.0. The van der Waals surface area contributed by atoms with Crippen LogP contribution in [0.1, 0.15) is 16.1 Å². The number of aromatic nitrogens is 2. The molecule has 0 radical (unpaired) electrons. The van der Waals surface area contributed by atoms with Crippen molar-refractivity contribution in [2.45, 2.75) is 6.92 Å². The highest BCUT2D eigenvalue weighted by molar-refractivity contribution is 6.06. The van der Waals surface area contributed by atoms with Crippen LogP contribution in [0.25, 0.3) is 22.4 Å². The zero-order valence-corrected chi connectivity index (χ0v) is 11.1. The number of nitrogens with two attached hydrogens (primary N) is 1. The van der Waals surface area contributed by atoms with E-state index in [4.69, 9.17) is 10.4 Å². The van der Waals surface area contributed by atoms with Crippen LogP contribution in [0.4, 0.5) is 4.39 Å². The van der Waals surface area contributed by atoms with E-state index in [-0.39, 0.29) is 11.5 Å². The molecule has 1 amide bonds. The van der Waals surface area contributed by atoms with E-state index in [1.807, 2.05) is 0 Å². The van der Waals surface area contributed by atoms with Gasteiger partial charge in [-0.25, -0.2) is 15.2 Å². The number of nitrogens with zero attached hydrogens (tertiary/aromatic N) is 2. The SMILES string of the molecule is Cc1noc2nc(-c3ccc(F)cc3)cc(C(=O)NN)c12. The van der Waals surface area contributed by atoms with Crippen molar-refractivity contribution < 1.29 is 13.7 Å². The van der Waals surface area contributed by atoms with Crippen LogP contribution < -0.4 is 11.3 Å². The van der Waals surface area contributed by atoms with E-state index in [1.165, 1.54) is 12.1 Å². The molecular formula is C14H11FN4O2. The Hall–Kier alpha value is -2.80. The normalized spacial score (nSPS) is 10.8. The maximum Gasteiger partial charge on any atom is 0.266 e. The Balaban J connectivity index is 2.25. The fourth-order valence-electron chi connectivity index (χ4n) is 2.12. The molecule has 3 N–H and O–H groups in total. The van der Waals surface area contributed by atoms with Crippen molar-refractivity contribution in [1.29, 1.82) is 0 Å². The Morgan fingerprint density at radius 1 is 1.33 bits per heavy atom. The van der Waals surface area contributed by atoms with Crippen molar-refractivity contribution in [2.75, 3.05) is 0 Å². The molecule has 0 spiro atoms. The van der Waals surface area contributed by atoms with Gasteiger partial charge >= 0.3 is 0 Å². The highest BCUT2D eigenvalue weighted by Crippen LogP contribution is 2.27. The van der Waals surface area contributed by atoms with E-state index in [9.17, 15) is 9.18 Å². The summed E-state index contributed by atoms with van der Waals surface area (Å²) in [7, 11) is 0. The number of halogens is 1. The Kier molecular flexibility index (Phi) is 3.11. The number of fused-ring (bicyclic) bond motifs is 1. The molecule has 0 aliphatic heterocycles. The smallest absolute Gasteiger partial charge is 0.266 e. The molecule has 6 nitrogen and oxygen atoms in total. The molecule has 1 aromatic carbocycles. The van der Waals surface area contributed by atoms with E-state index in [1.54, 1.807) is 25.1 Å². The van der Waals surface area contributed by atoms with E-state index in [0.717, 1.165) is 0 Å². The van der Waals surface area contributed by atoms with Gasteiger partial charge in [-0.05, 0) is 37.3 Å². The number of hydrogen-bond donors (Lipinski definition) is 2. The predicted molar refractivity (Wildman–Crippen MR) is 73.6 cm³/mol. The van der Waals surface area contributed by atoms with Crippen molar-refractivity contribution in [1.82, 2.24) is 15.6 Å². The number of aryl methyl sites for hydroxylation is 1. The van der Waals surface area contributed by atoms with E-state index < -0.39 is 5.91 Å². The Morgan fingerprint density at radius 2 is 2.05 bits per heavy atom. The lowest BCUT2D eigenvalue weighted by Crippen LogP contribution is -2.30. The van der Waals surface area contributed by atoms with Gasteiger partial charge in [-0.15, -0.1) is 0 Å². The first kappa shape index (κ1) is 13.2. The molecule has 7 heteroatoms. The zero-order valence-electron chi connectivity index (χ0n) is 11.1. The minimum atomic E-state index is -0.475. The number of nitrogen functional groups attached to an aromatic ring is 1. The van der Waals surface area contributed by atoms with Crippen LogP contribution in [0.3, 0.4) is 0 Å². The van der Waals surface area contributed by atoms with Crippen molar-refractivity contribution in [3.8, 4) is 11.3 Å². The summed E-state index contributed by atoms with van der Waals surface area (Å²) >= 11 is 0. The second-order valence-electron chi connectivity index (χ2n) is 4.48. The van der Waals surface area contributed by atoms with Crippen LogP contribution in [0.5, 0.6) is 0 Å². The van der Waals surface area contributed by atoms with Gasteiger partial charge in [0.05, 0.1) is 22.3 Å². The molecule has 0 saturated heterocycles. The monoisotopic (exact) mass is 286 g/mol. The van der Waals surface area contributed by atoms with E-state index in [2.05, 4.69) is 15.6 Å². The maximum atomic E-state index is 13.0. The number of rotatable bonds is 2. The molecule has 0 bridgehead atoms. The summed E-state index contributed by atoms with van der Waals surface area (Å²) in [5, 5.41) is 4.31. The summed E-state index contributed by atoms with van der Waals surface area (Å²) in [6.07, 6.45) is 0. The molecule has 2 heterocycles. The molecule has 2 aromatic heterocycles. The third-order valence-corrected chi connectivity index (χ3v) is 3.13. The molecule has 106 valence electrons. The molecule has 3 aromatic rings. The fraction of sp³-hybridized carbons (Fsp3) is 0.0714. The number of carbonyl (C=O) groups excluding carboxylic acids is 1. The molecule has 21 heavy (non-hydrogen) atoms. The first-order valence-corrected chi connectivity index (χ1v) is 6.14. The van der Waals surface area contributed by atoms with Crippen LogP contribution in [0.2, 0.25) is 0 Å². The molecule has 0 aliphatic rings. The molecule has 0 aliphatic carbocycles. The summed E-state index contributed by atoms with van der Waals surface area (Å²) < 4.78 is 18.1. The largest absolute Gasteiger partial charge is 0.335 e. The van der Waals surface area contributed by atoms with Crippen molar-refractivity contribution in [2.24, 2.45) is 5.84 Å². The summed E-state index contributed by atoms with van der Waals surface area (Å²) in [6, 6.07) is 7.33. The van der Waals surface area contributed by atoms with E-state index in [0.29, 0.717) is 27.9 Å². The molecule has 0 atom stereocenters. The van der Waals surface area contributed by atoms with Crippen molar-refractivity contribution >= 4 is 17.0 Å². The van der Waals surface area contributed by atoms with Gasteiger partial charge in [0.25, 0.3) is 11.6 Å². The lowest BCUT2D eigenvalue weighted by molar-refractivity contribution is 0.0955. The molecule has 0 unspecified atom stereocenters. The lowest BCUT2D eigenvalue weighted by atomic mass is 10.1. The zero-order chi connectivity index (χ0) is 15.0. The molecule has 0 fully saturated rings. The molecule has 3 rings (SSSR count). The number of hydrazine groups is 1. The van der Waals surface area contributed by atoms with Gasteiger partial charge < -0.3 is 4.52 Å². The Bertz CT molecular complexity index is 827. The highest BCUT2D eigenvalue weighted by atomic mass is 19.1. The van der Waals surface area contributed by atoms with Gasteiger partial charge in [-0.1, -0.05) is 5.16 Å². The fourth-order valence-corrected chi connectivity index (χ4v) is 2.12. The van der Waals surface area contributed by atoms with Crippen molar-refractivity contribution in [3.63, 3.8) is 0 Å². The number of benzene rings is 1. The van der Waals surface area contributed by atoms with Gasteiger partial charge in [0.1, 0.15) is 5.82 Å². The number of nitrogens with one attached hydrogen (secondary N) is 1. The van der Waals surface area contributed by atoms with Gasteiger partial charge in [0.15, 0.2) is 0 Å². The number of amides is 1. The topological polar surface area (TPSA) is 94.0 Å². The van der Waals surface area contributed by atoms with Crippen LogP contribution in [-0.4, -0.2) is 16.0 Å². The highest BCUT2D eigenvalue weighted by Gasteiger charge is 2.18. The standard InChI is InChI=1S/C14H11FN4O2/c1-7-12-10(13(20)18-16)6-11(17-14(12)21-19-7)8-2-4-9(15)5-3-8/h2-6H,16H2,1H3,(H,18,20). The molecule has 0 saturated carbocycles. The third kappa shape index (κ3) is 2.23. The van der Waals surface area contributed by atoms with Crippen LogP contribution in [0.15, 0.2) is 34.9 Å². The predicted octanol–water partition coefficient (Wildman–Crippen LogP) is 1.94. The van der Waals surface area contributed by atoms with Crippen LogP contribution in [-0.2, 0) is 0 Å². The minimum Gasteiger partial charge on any atom is -0.335 e. The summed E-state index contributed by atoms with van der Waals surface area (Å²) in [5.74, 6) is 4.38. The average molecular weight is 286 g/mol. The first-order chi connectivity index (χ1) is 10.1. The summed E-state index contributed by atoms with van der Waals surface area (Å²) in [4.78, 5) is 16.2. The summed E-state index contributed by atoms with van der Waals surface area (Å²) in [5.41, 5.74) is 4.28. The van der Waals surface area contributed by atoms with Crippen LogP contribution in [0, 0.1) is 12.7 Å². The average Bonchev–Trinajstić information content (AvgIpc) is 2.88. The van der Waals surface area contributed by atoms with Gasteiger partial charge in [-0.2, -0.15) is 0 Å². The Labute approximate surface area is 118 Å². The van der Waals surface area contributed by atoms with Crippen molar-refractivity contribution in [3.05, 3.63) is 47.4 Å². The van der Waals surface area contributed by atoms with Gasteiger partial charge in [0, 0.05) is 5.56 Å². The van der Waals surface area contributed by atoms with E-state index >= 15 is 0 Å². The van der Waals surface area contributed by atoms with Gasteiger partial charge in [0.2, 0.25) is 0 Å². The summed E-state index contributed by atoms with van der Waals surface area (Å²) in [6.45, 7) is 1.71. The third-order valence-electron chi connectivity index (χ3n) is 3.13. The second-order valence-corrected chi connectivity index (χ2v) is 4.48. The van der Waals surface area contributed by atoms with Crippen LogP contribution >= 0.6 is 0 Å². The second kappa shape index (κ2) is 4.95. The van der Waals surface area contributed by atoms with Gasteiger partial charge in [-0.3, -0.25) is 10.2 Å². The first-order valence-electron chi connectivity index (χ1n) is 6.14. The quantitative estimate of drug-likeness (QED) is 0.426. The number of pyridine rings is 1. The number of hydrogen-bond acceptors (Lipinski definition) is 5. The minimum absolute atomic E-state index is 0.230. The molecular weight excluding hydrogens is 275 g/mol. The Morgan fingerprint density at radius 3 is 2.71 bits per heavy atom. The number of carbonyl (C=O) groups is 1.